The van der Waals surface area contributed by atoms with Crippen LogP contribution in [-0.2, 0) is 4.79 Å². The topological polar surface area (TPSA) is 54.9 Å². The fourth-order valence-electron chi connectivity index (χ4n) is 0.674. The molecule has 0 aliphatic heterocycles. The lowest BCUT2D eigenvalue weighted by molar-refractivity contribution is -0.113. The van der Waals surface area contributed by atoms with Crippen LogP contribution in [0.1, 0.15) is 0 Å². The van der Waals surface area contributed by atoms with Crippen molar-refractivity contribution in [2.45, 2.75) is 0 Å². The van der Waals surface area contributed by atoms with E-state index in [1.165, 1.54) is 24.2 Å². The second-order valence-electron chi connectivity index (χ2n) is 2.07. The summed E-state index contributed by atoms with van der Waals surface area (Å²) in [6, 6.07) is 0. The molecule has 64 valence electrons. The van der Waals surface area contributed by atoms with Crippen LogP contribution in [0.4, 0.5) is 5.82 Å². The molecule has 12 heavy (non-hydrogen) atoms. The van der Waals surface area contributed by atoms with Crippen LogP contribution in [0.15, 0.2) is 18.6 Å². The van der Waals surface area contributed by atoms with Gasteiger partial charge < -0.3 is 5.32 Å². The first-order valence-electron chi connectivity index (χ1n) is 3.37. The molecule has 1 amide bonds. The molecule has 0 unspecified atom stereocenters. The first-order chi connectivity index (χ1) is 5.83. The predicted molar refractivity (Wildman–Crippen MR) is 49.0 cm³/mol. The van der Waals surface area contributed by atoms with Crippen LogP contribution < -0.4 is 5.32 Å². The van der Waals surface area contributed by atoms with Crippen LogP contribution in [0.25, 0.3) is 0 Å². The number of carbonyl (C=O) groups is 1. The number of aromatic nitrogens is 2. The van der Waals surface area contributed by atoms with Crippen molar-refractivity contribution in [2.75, 3.05) is 17.3 Å². The molecule has 0 atom stereocenters. The maximum atomic E-state index is 11.0. The second-order valence-corrected chi connectivity index (χ2v) is 2.94. The fourth-order valence-corrected chi connectivity index (χ4v) is 1.01. The van der Waals surface area contributed by atoms with Gasteiger partial charge in [0.15, 0.2) is 5.82 Å². The Kier molecular flexibility index (Phi) is 3.53. The van der Waals surface area contributed by atoms with Gasteiger partial charge >= 0.3 is 0 Å². The number of thioether (sulfide) groups is 1. The van der Waals surface area contributed by atoms with E-state index in [1.54, 1.807) is 6.20 Å². The van der Waals surface area contributed by atoms with Crippen molar-refractivity contribution in [3.8, 4) is 0 Å². The van der Waals surface area contributed by atoms with Crippen molar-refractivity contribution in [3.63, 3.8) is 0 Å². The number of nitrogens with zero attached hydrogens (tertiary/aromatic N) is 2. The molecule has 0 bridgehead atoms. The molecular weight excluding hydrogens is 174 g/mol. The Labute approximate surface area is 74.8 Å². The van der Waals surface area contributed by atoms with E-state index in [4.69, 9.17) is 0 Å². The number of carbonyl (C=O) groups excluding carboxylic acids is 1. The lowest BCUT2D eigenvalue weighted by atomic mass is 10.6. The number of nitrogens with one attached hydrogen (secondary N) is 1. The smallest absolute Gasteiger partial charge is 0.235 e. The van der Waals surface area contributed by atoms with Crippen LogP contribution in [0.5, 0.6) is 0 Å². The fraction of sp³-hybridized carbons (Fsp3) is 0.286. The molecule has 4 nitrogen and oxygen atoms in total. The Balaban J connectivity index is 2.47. The zero-order chi connectivity index (χ0) is 8.81. The molecule has 1 aromatic rings. The lowest BCUT2D eigenvalue weighted by Crippen LogP contribution is -2.14. The van der Waals surface area contributed by atoms with Crippen LogP contribution in [-0.4, -0.2) is 27.9 Å². The van der Waals surface area contributed by atoms with E-state index in [2.05, 4.69) is 15.3 Å². The van der Waals surface area contributed by atoms with Gasteiger partial charge in [0.05, 0.1) is 11.9 Å². The molecule has 1 N–H and O–H groups in total. The molecule has 1 rings (SSSR count). The molecular formula is C7H9N3OS. The zero-order valence-corrected chi connectivity index (χ0v) is 7.47. The van der Waals surface area contributed by atoms with Crippen molar-refractivity contribution >= 4 is 23.5 Å². The van der Waals surface area contributed by atoms with E-state index in [0.29, 0.717) is 11.6 Å². The molecule has 5 heteroatoms. The van der Waals surface area contributed by atoms with Crippen LogP contribution >= 0.6 is 11.8 Å². The van der Waals surface area contributed by atoms with Crippen molar-refractivity contribution in [2.24, 2.45) is 0 Å². The summed E-state index contributed by atoms with van der Waals surface area (Å²) >= 11 is 1.47. The van der Waals surface area contributed by atoms with Gasteiger partial charge in [-0.25, -0.2) is 4.98 Å². The van der Waals surface area contributed by atoms with Gasteiger partial charge in [0, 0.05) is 12.4 Å². The van der Waals surface area contributed by atoms with Gasteiger partial charge in [0.25, 0.3) is 0 Å². The number of hydrogen-bond donors (Lipinski definition) is 1. The summed E-state index contributed by atoms with van der Waals surface area (Å²) in [7, 11) is 0. The number of amides is 1. The van der Waals surface area contributed by atoms with Gasteiger partial charge in [-0.1, -0.05) is 0 Å². The molecule has 0 aliphatic rings. The Morgan fingerprint density at radius 3 is 3.08 bits per heavy atom. The minimum absolute atomic E-state index is 0.0528. The van der Waals surface area contributed by atoms with Gasteiger partial charge in [-0.05, 0) is 6.26 Å². The molecule has 0 spiro atoms. The second kappa shape index (κ2) is 4.71. The molecule has 0 saturated carbocycles. The first-order valence-corrected chi connectivity index (χ1v) is 4.77. The molecule has 1 aromatic heterocycles. The van der Waals surface area contributed by atoms with Crippen LogP contribution in [0, 0.1) is 0 Å². The monoisotopic (exact) mass is 183 g/mol. The Hall–Kier alpha value is -1.10. The molecule has 0 radical (unpaired) electrons. The highest BCUT2D eigenvalue weighted by molar-refractivity contribution is 7.99. The van der Waals surface area contributed by atoms with E-state index in [-0.39, 0.29) is 5.91 Å². The minimum atomic E-state index is -0.0528. The highest BCUT2D eigenvalue weighted by Crippen LogP contribution is 1.99. The van der Waals surface area contributed by atoms with Gasteiger partial charge in [0.1, 0.15) is 0 Å². The SMILES string of the molecule is CSCC(=O)Nc1cnccn1. The van der Waals surface area contributed by atoms with Crippen molar-refractivity contribution in [1.82, 2.24) is 9.97 Å². The molecule has 0 aliphatic carbocycles. The van der Waals surface area contributed by atoms with Crippen molar-refractivity contribution in [3.05, 3.63) is 18.6 Å². The van der Waals surface area contributed by atoms with E-state index in [9.17, 15) is 4.79 Å². The summed E-state index contributed by atoms with van der Waals surface area (Å²) < 4.78 is 0. The summed E-state index contributed by atoms with van der Waals surface area (Å²) in [5.41, 5.74) is 0. The predicted octanol–water partition coefficient (Wildman–Crippen LogP) is 0.778. The van der Waals surface area contributed by atoms with E-state index >= 15 is 0 Å². The molecule has 0 fully saturated rings. The standard InChI is InChI=1S/C7H9N3OS/c1-12-5-7(11)10-6-4-8-2-3-9-6/h2-4H,5H2,1H3,(H,9,10,11). The normalized spacial score (nSPS) is 9.42. The summed E-state index contributed by atoms with van der Waals surface area (Å²) in [5.74, 6) is 0.885. The summed E-state index contributed by atoms with van der Waals surface area (Å²) in [5, 5.41) is 2.61. The summed E-state index contributed by atoms with van der Waals surface area (Å²) in [6.07, 6.45) is 6.48. The van der Waals surface area contributed by atoms with E-state index in [1.807, 2.05) is 6.26 Å². The number of hydrogen-bond acceptors (Lipinski definition) is 4. The Morgan fingerprint density at radius 1 is 1.67 bits per heavy atom. The zero-order valence-electron chi connectivity index (χ0n) is 6.65. The molecule has 1 heterocycles. The third-order valence-corrected chi connectivity index (χ3v) is 1.66. The quantitative estimate of drug-likeness (QED) is 0.752. The van der Waals surface area contributed by atoms with Crippen LogP contribution in [0.2, 0.25) is 0 Å². The largest absolute Gasteiger partial charge is 0.309 e. The van der Waals surface area contributed by atoms with Gasteiger partial charge in [-0.3, -0.25) is 9.78 Å². The highest BCUT2D eigenvalue weighted by Gasteiger charge is 2.00. The molecule has 0 saturated heterocycles. The van der Waals surface area contributed by atoms with E-state index < -0.39 is 0 Å². The molecule has 0 aromatic carbocycles. The Morgan fingerprint density at radius 2 is 2.50 bits per heavy atom. The first kappa shape index (κ1) is 8.99. The lowest BCUT2D eigenvalue weighted by Gasteiger charge is -2.00. The number of anilines is 1. The summed E-state index contributed by atoms with van der Waals surface area (Å²) in [6.45, 7) is 0. The minimum Gasteiger partial charge on any atom is -0.309 e. The van der Waals surface area contributed by atoms with Gasteiger partial charge in [-0.15, -0.1) is 0 Å². The third-order valence-electron chi connectivity index (χ3n) is 1.11. The number of rotatable bonds is 3. The average molecular weight is 183 g/mol. The van der Waals surface area contributed by atoms with Gasteiger partial charge in [-0.2, -0.15) is 11.8 Å². The average Bonchev–Trinajstić information content (AvgIpc) is 2.06. The Bertz CT molecular complexity index is 252. The van der Waals surface area contributed by atoms with E-state index in [0.717, 1.165) is 0 Å². The third kappa shape index (κ3) is 2.87. The maximum Gasteiger partial charge on any atom is 0.235 e. The van der Waals surface area contributed by atoms with Gasteiger partial charge in [0.2, 0.25) is 5.91 Å². The maximum absolute atomic E-state index is 11.0. The highest BCUT2D eigenvalue weighted by atomic mass is 32.2. The summed E-state index contributed by atoms with van der Waals surface area (Å²) in [4.78, 5) is 18.7. The van der Waals surface area contributed by atoms with Crippen LogP contribution in [0.3, 0.4) is 0 Å². The van der Waals surface area contributed by atoms with Crippen molar-refractivity contribution < 1.29 is 4.79 Å². The van der Waals surface area contributed by atoms with Crippen molar-refractivity contribution in [1.29, 1.82) is 0 Å².